The lowest BCUT2D eigenvalue weighted by molar-refractivity contribution is 1.32. The highest BCUT2D eigenvalue weighted by Crippen LogP contribution is 2.35. The van der Waals surface area contributed by atoms with Crippen molar-refractivity contribution in [2.24, 2.45) is 0 Å². The molecular weight excluding hydrogens is 326 g/mol. The summed E-state index contributed by atoms with van der Waals surface area (Å²) in [6.07, 6.45) is 4.37. The van der Waals surface area contributed by atoms with Gasteiger partial charge in [-0.3, -0.25) is 0 Å². The molecule has 1 aliphatic rings. The lowest BCUT2D eigenvalue weighted by Crippen LogP contribution is -1.92. The van der Waals surface area contributed by atoms with Gasteiger partial charge in [-0.25, -0.2) is 4.98 Å². The van der Waals surface area contributed by atoms with E-state index in [4.69, 9.17) is 4.98 Å². The van der Waals surface area contributed by atoms with Gasteiger partial charge in [0, 0.05) is 10.9 Å². The molecule has 130 valence electrons. The minimum Gasteiger partial charge on any atom is -0.248 e. The van der Waals surface area contributed by atoms with Crippen molar-refractivity contribution in [3.05, 3.63) is 88.5 Å². The molecule has 1 aromatic heterocycles. The maximum Gasteiger partial charge on any atom is 0.0721 e. The van der Waals surface area contributed by atoms with E-state index in [1.807, 2.05) is 0 Å². The first-order valence-corrected chi connectivity index (χ1v) is 9.41. The summed E-state index contributed by atoms with van der Waals surface area (Å²) in [6, 6.07) is 21.9. The molecule has 5 rings (SSSR count). The number of rotatable bonds is 2. The fourth-order valence-electron chi connectivity index (χ4n) is 4.41. The first kappa shape index (κ1) is 16.0. The van der Waals surface area contributed by atoms with Gasteiger partial charge in [-0.2, -0.15) is 0 Å². The molecule has 0 N–H and O–H groups in total. The Balaban J connectivity index is 1.68. The molecule has 27 heavy (non-hydrogen) atoms. The molecule has 0 atom stereocenters. The summed E-state index contributed by atoms with van der Waals surface area (Å²) >= 11 is 0. The minimum atomic E-state index is 1.03. The summed E-state index contributed by atoms with van der Waals surface area (Å²) in [4.78, 5) is 4.96. The predicted octanol–water partition coefficient (Wildman–Crippen LogP) is 6.98. The van der Waals surface area contributed by atoms with Crippen molar-refractivity contribution >= 4 is 23.1 Å². The molecule has 0 aliphatic heterocycles. The van der Waals surface area contributed by atoms with E-state index < -0.39 is 0 Å². The van der Waals surface area contributed by atoms with E-state index in [-0.39, 0.29) is 0 Å². The fourth-order valence-corrected chi connectivity index (χ4v) is 4.41. The molecule has 0 saturated heterocycles. The molecular formula is C26H21N. The predicted molar refractivity (Wildman–Crippen MR) is 116 cm³/mol. The number of hydrogen-bond donors (Lipinski definition) is 0. The highest BCUT2D eigenvalue weighted by molar-refractivity contribution is 6.04. The molecule has 0 amide bonds. The molecule has 0 fully saturated rings. The minimum absolute atomic E-state index is 1.03. The summed E-state index contributed by atoms with van der Waals surface area (Å²) in [5, 5.41) is 1.27. The van der Waals surface area contributed by atoms with Gasteiger partial charge in [0.2, 0.25) is 0 Å². The molecule has 1 aliphatic carbocycles. The molecule has 0 saturated carbocycles. The van der Waals surface area contributed by atoms with Crippen LogP contribution in [-0.4, -0.2) is 4.98 Å². The van der Waals surface area contributed by atoms with Crippen LogP contribution >= 0.6 is 0 Å². The number of pyridine rings is 1. The van der Waals surface area contributed by atoms with E-state index in [1.165, 1.54) is 44.3 Å². The maximum absolute atomic E-state index is 4.96. The van der Waals surface area contributed by atoms with Gasteiger partial charge in [-0.05, 0) is 72.4 Å². The van der Waals surface area contributed by atoms with E-state index in [0.29, 0.717) is 0 Å². The number of hydrogen-bond acceptors (Lipinski definition) is 1. The van der Waals surface area contributed by atoms with Crippen LogP contribution in [0.25, 0.3) is 45.4 Å². The molecule has 3 aromatic carbocycles. The Morgan fingerprint density at radius 2 is 1.37 bits per heavy atom. The van der Waals surface area contributed by atoms with E-state index in [0.717, 1.165) is 16.8 Å². The van der Waals surface area contributed by atoms with Crippen molar-refractivity contribution in [2.45, 2.75) is 20.8 Å². The highest BCUT2D eigenvalue weighted by Gasteiger charge is 2.13. The average molecular weight is 347 g/mol. The molecule has 0 spiro atoms. The number of nitrogens with zero attached hydrogens (tertiary/aromatic N) is 1. The van der Waals surface area contributed by atoms with E-state index in [1.54, 1.807) is 0 Å². The number of aryl methyl sites for hydroxylation is 3. The standard InChI is InChI=1S/C26H21N/c1-16-12-17(2)25(18(3)13-16)21-8-4-7-20(14-21)24-15-22-11-10-19-6-5-9-23(27-24)26(19)22/h4-15H,1-3H3. The third-order valence-electron chi connectivity index (χ3n) is 5.46. The van der Waals surface area contributed by atoms with Crippen molar-refractivity contribution in [2.75, 3.05) is 0 Å². The quantitative estimate of drug-likeness (QED) is 0.336. The Bertz CT molecular complexity index is 1220. The molecule has 0 unspecified atom stereocenters. The molecule has 1 nitrogen and oxygen atoms in total. The van der Waals surface area contributed by atoms with Crippen molar-refractivity contribution in [3.8, 4) is 22.4 Å². The van der Waals surface area contributed by atoms with Gasteiger partial charge in [-0.15, -0.1) is 0 Å². The third-order valence-corrected chi connectivity index (χ3v) is 5.46. The molecule has 1 heteroatoms. The molecule has 4 aromatic rings. The van der Waals surface area contributed by atoms with Crippen LogP contribution in [0.2, 0.25) is 0 Å². The van der Waals surface area contributed by atoms with Gasteiger partial charge in [0.25, 0.3) is 0 Å². The highest BCUT2D eigenvalue weighted by atomic mass is 14.7. The van der Waals surface area contributed by atoms with E-state index in [9.17, 15) is 0 Å². The second-order valence-corrected chi connectivity index (χ2v) is 7.53. The lowest BCUT2D eigenvalue weighted by Gasteiger charge is -2.13. The van der Waals surface area contributed by atoms with Crippen molar-refractivity contribution in [3.63, 3.8) is 0 Å². The summed E-state index contributed by atoms with van der Waals surface area (Å²) < 4.78 is 0. The van der Waals surface area contributed by atoms with Crippen LogP contribution in [-0.2, 0) is 0 Å². The van der Waals surface area contributed by atoms with Gasteiger partial charge in [0.1, 0.15) is 0 Å². The monoisotopic (exact) mass is 347 g/mol. The summed E-state index contributed by atoms with van der Waals surface area (Å²) in [5.41, 5.74) is 12.3. The van der Waals surface area contributed by atoms with Crippen LogP contribution in [0.4, 0.5) is 0 Å². The molecule has 0 bridgehead atoms. The Kier molecular flexibility index (Phi) is 3.51. The SMILES string of the molecule is Cc1cc(C)c(-c2cccc(-c3cc4c5c(cccc5n3)C=C4)c2)c(C)c1. The summed E-state index contributed by atoms with van der Waals surface area (Å²) in [5.74, 6) is 0. The van der Waals surface area contributed by atoms with Crippen molar-refractivity contribution < 1.29 is 0 Å². The zero-order valence-corrected chi connectivity index (χ0v) is 15.9. The zero-order chi connectivity index (χ0) is 18.5. The molecule has 0 radical (unpaired) electrons. The second-order valence-electron chi connectivity index (χ2n) is 7.53. The Hall–Kier alpha value is -3.19. The van der Waals surface area contributed by atoms with E-state index in [2.05, 4.69) is 93.6 Å². The average Bonchev–Trinajstić information content (AvgIpc) is 3.06. The Morgan fingerprint density at radius 1 is 0.667 bits per heavy atom. The summed E-state index contributed by atoms with van der Waals surface area (Å²) in [6.45, 7) is 6.55. The first-order chi connectivity index (χ1) is 13.1. The summed E-state index contributed by atoms with van der Waals surface area (Å²) in [7, 11) is 0. The second kappa shape index (κ2) is 5.92. The van der Waals surface area contributed by atoms with Gasteiger partial charge >= 0.3 is 0 Å². The van der Waals surface area contributed by atoms with Crippen LogP contribution in [0.5, 0.6) is 0 Å². The topological polar surface area (TPSA) is 12.9 Å². The van der Waals surface area contributed by atoms with Crippen LogP contribution in [0.1, 0.15) is 27.8 Å². The van der Waals surface area contributed by atoms with Crippen LogP contribution in [0.3, 0.4) is 0 Å². The van der Waals surface area contributed by atoms with Gasteiger partial charge in [-0.1, -0.05) is 60.2 Å². The van der Waals surface area contributed by atoms with Gasteiger partial charge in [0.15, 0.2) is 0 Å². The lowest BCUT2D eigenvalue weighted by atomic mass is 9.92. The van der Waals surface area contributed by atoms with Crippen LogP contribution in [0, 0.1) is 20.8 Å². The largest absolute Gasteiger partial charge is 0.248 e. The maximum atomic E-state index is 4.96. The first-order valence-electron chi connectivity index (χ1n) is 9.41. The van der Waals surface area contributed by atoms with E-state index >= 15 is 0 Å². The van der Waals surface area contributed by atoms with Crippen molar-refractivity contribution in [1.29, 1.82) is 0 Å². The Labute approximate surface area is 160 Å². The van der Waals surface area contributed by atoms with Crippen molar-refractivity contribution in [1.82, 2.24) is 4.98 Å². The van der Waals surface area contributed by atoms with Gasteiger partial charge in [0.05, 0.1) is 11.2 Å². The third kappa shape index (κ3) is 2.59. The number of aromatic nitrogens is 1. The molecule has 1 heterocycles. The number of benzene rings is 3. The smallest absolute Gasteiger partial charge is 0.0721 e. The van der Waals surface area contributed by atoms with Crippen LogP contribution < -0.4 is 0 Å². The normalized spacial score (nSPS) is 12.1. The zero-order valence-electron chi connectivity index (χ0n) is 15.9. The van der Waals surface area contributed by atoms with Crippen LogP contribution in [0.15, 0.2) is 60.7 Å². The fraction of sp³-hybridized carbons (Fsp3) is 0.115. The Morgan fingerprint density at radius 3 is 2.19 bits per heavy atom. The van der Waals surface area contributed by atoms with Gasteiger partial charge < -0.3 is 0 Å².